The lowest BCUT2D eigenvalue weighted by Gasteiger charge is -2.37. The van der Waals surface area contributed by atoms with Gasteiger partial charge in [-0.15, -0.1) is 0 Å². The van der Waals surface area contributed by atoms with Crippen LogP contribution >= 0.6 is 0 Å². The van der Waals surface area contributed by atoms with Gasteiger partial charge in [-0.2, -0.15) is 0 Å². The molecule has 0 saturated carbocycles. The van der Waals surface area contributed by atoms with Crippen LogP contribution in [-0.4, -0.2) is 43.2 Å². The minimum atomic E-state index is -0.253. The Kier molecular flexibility index (Phi) is 4.19. The molecule has 0 radical (unpaired) electrons. The fourth-order valence-corrected chi connectivity index (χ4v) is 2.72. The molecule has 2 rings (SSSR count). The molecule has 18 heavy (non-hydrogen) atoms. The maximum atomic E-state index is 14.0. The second-order valence-electron chi connectivity index (χ2n) is 5.07. The Morgan fingerprint density at radius 1 is 1.50 bits per heavy atom. The summed E-state index contributed by atoms with van der Waals surface area (Å²) in [6, 6.07) is 5.19. The first-order valence-electron chi connectivity index (χ1n) is 6.43. The fraction of sp³-hybridized carbons (Fsp3) is 0.571. The van der Waals surface area contributed by atoms with Crippen molar-refractivity contribution in [3.8, 4) is 0 Å². The van der Waals surface area contributed by atoms with Gasteiger partial charge in [-0.3, -0.25) is 0 Å². The molecule has 4 heteroatoms. The molecule has 0 amide bonds. The summed E-state index contributed by atoms with van der Waals surface area (Å²) in [6.07, 6.45) is 2.20. The number of benzene rings is 1. The van der Waals surface area contributed by atoms with Crippen molar-refractivity contribution in [3.63, 3.8) is 0 Å². The number of likely N-dealkylation sites (tertiary alicyclic amines) is 1. The van der Waals surface area contributed by atoms with Crippen LogP contribution in [0, 0.1) is 5.82 Å². The molecular weight excluding hydrogens is 231 g/mol. The van der Waals surface area contributed by atoms with E-state index in [0.29, 0.717) is 17.3 Å². The van der Waals surface area contributed by atoms with Crippen LogP contribution in [0.4, 0.5) is 10.1 Å². The highest BCUT2D eigenvalue weighted by atomic mass is 19.1. The normalized spacial score (nSPS) is 21.0. The number of hydrogen-bond donors (Lipinski definition) is 1. The number of aliphatic hydroxyl groups excluding tert-OH is 1. The Hall–Kier alpha value is -1.13. The third kappa shape index (κ3) is 2.65. The number of halogens is 1. The van der Waals surface area contributed by atoms with Crippen LogP contribution in [0.1, 0.15) is 18.4 Å². The highest BCUT2D eigenvalue weighted by molar-refractivity contribution is 5.55. The van der Waals surface area contributed by atoms with E-state index in [2.05, 4.69) is 11.9 Å². The quantitative estimate of drug-likeness (QED) is 0.889. The number of likely N-dealkylation sites (N-methyl/N-ethyl adjacent to an activating group) is 2. The predicted molar refractivity (Wildman–Crippen MR) is 71.2 cm³/mol. The van der Waals surface area contributed by atoms with Gasteiger partial charge < -0.3 is 14.9 Å². The van der Waals surface area contributed by atoms with E-state index in [-0.39, 0.29) is 12.4 Å². The van der Waals surface area contributed by atoms with E-state index >= 15 is 0 Å². The molecule has 1 aliphatic heterocycles. The molecule has 1 aliphatic rings. The van der Waals surface area contributed by atoms with Crippen LogP contribution in [0.15, 0.2) is 18.2 Å². The minimum absolute atomic E-state index is 0.125. The highest BCUT2D eigenvalue weighted by Crippen LogP contribution is 2.27. The largest absolute Gasteiger partial charge is 0.392 e. The number of para-hydroxylation sites is 1. The van der Waals surface area contributed by atoms with Crippen molar-refractivity contribution in [2.75, 3.05) is 32.1 Å². The van der Waals surface area contributed by atoms with E-state index < -0.39 is 0 Å². The van der Waals surface area contributed by atoms with Gasteiger partial charge >= 0.3 is 0 Å². The second kappa shape index (κ2) is 5.67. The summed E-state index contributed by atoms with van der Waals surface area (Å²) in [7, 11) is 4.01. The standard InChI is InChI=1S/C14H21FN2O/c1-16-8-4-6-12(9-16)17(2)14-11(10-18)5-3-7-13(14)15/h3,5,7,12,18H,4,6,8-10H2,1-2H3. The first kappa shape index (κ1) is 13.3. The van der Waals surface area contributed by atoms with Crippen LogP contribution in [-0.2, 0) is 6.61 Å². The zero-order valence-electron chi connectivity index (χ0n) is 11.1. The Balaban J connectivity index is 2.24. The second-order valence-corrected chi connectivity index (χ2v) is 5.07. The average molecular weight is 252 g/mol. The van der Waals surface area contributed by atoms with Crippen molar-refractivity contribution in [3.05, 3.63) is 29.6 Å². The van der Waals surface area contributed by atoms with Gasteiger partial charge in [0.1, 0.15) is 5.82 Å². The molecule has 3 nitrogen and oxygen atoms in total. The number of anilines is 1. The summed E-state index contributed by atoms with van der Waals surface area (Å²) < 4.78 is 14.0. The van der Waals surface area contributed by atoms with Crippen molar-refractivity contribution >= 4 is 5.69 Å². The smallest absolute Gasteiger partial charge is 0.146 e. The van der Waals surface area contributed by atoms with E-state index in [4.69, 9.17) is 0 Å². The highest BCUT2D eigenvalue weighted by Gasteiger charge is 2.24. The van der Waals surface area contributed by atoms with Crippen molar-refractivity contribution in [2.24, 2.45) is 0 Å². The first-order valence-corrected chi connectivity index (χ1v) is 6.43. The van der Waals surface area contributed by atoms with E-state index in [0.717, 1.165) is 25.9 Å². The summed E-state index contributed by atoms with van der Waals surface area (Å²) in [4.78, 5) is 4.25. The molecule has 0 spiro atoms. The maximum Gasteiger partial charge on any atom is 0.146 e. The van der Waals surface area contributed by atoms with Gasteiger partial charge in [0.05, 0.1) is 12.3 Å². The lowest BCUT2D eigenvalue weighted by Crippen LogP contribution is -2.45. The number of aliphatic hydroxyl groups is 1. The maximum absolute atomic E-state index is 14.0. The molecule has 1 fully saturated rings. The molecule has 100 valence electrons. The number of piperidine rings is 1. The Bertz CT molecular complexity index is 411. The van der Waals surface area contributed by atoms with Gasteiger partial charge in [-0.25, -0.2) is 4.39 Å². The summed E-state index contributed by atoms with van der Waals surface area (Å²) in [5.41, 5.74) is 1.20. The van der Waals surface area contributed by atoms with Gasteiger partial charge in [0, 0.05) is 25.2 Å². The Morgan fingerprint density at radius 3 is 2.94 bits per heavy atom. The SMILES string of the molecule is CN1CCCC(N(C)c2c(F)cccc2CO)C1. The monoisotopic (exact) mass is 252 g/mol. The van der Waals surface area contributed by atoms with E-state index in [1.807, 2.05) is 11.9 Å². The number of rotatable bonds is 3. The zero-order chi connectivity index (χ0) is 13.1. The fourth-order valence-electron chi connectivity index (χ4n) is 2.72. The van der Waals surface area contributed by atoms with E-state index in [1.165, 1.54) is 6.07 Å². The van der Waals surface area contributed by atoms with Crippen LogP contribution < -0.4 is 4.90 Å². The van der Waals surface area contributed by atoms with Crippen molar-refractivity contribution in [2.45, 2.75) is 25.5 Å². The lowest BCUT2D eigenvalue weighted by molar-refractivity contribution is 0.246. The molecule has 1 atom stereocenters. The molecule has 0 aromatic heterocycles. The van der Waals surface area contributed by atoms with Gasteiger partial charge in [0.25, 0.3) is 0 Å². The first-order chi connectivity index (χ1) is 8.63. The molecule has 0 aliphatic carbocycles. The third-order valence-corrected chi connectivity index (χ3v) is 3.74. The summed E-state index contributed by atoms with van der Waals surface area (Å²) in [6.45, 7) is 1.92. The molecule has 1 aromatic carbocycles. The molecule has 1 heterocycles. The molecule has 1 aromatic rings. The molecule has 1 saturated heterocycles. The third-order valence-electron chi connectivity index (χ3n) is 3.74. The summed E-state index contributed by atoms with van der Waals surface area (Å²) >= 11 is 0. The summed E-state index contributed by atoms with van der Waals surface area (Å²) in [5, 5.41) is 9.34. The molecule has 0 bridgehead atoms. The molecule has 1 unspecified atom stereocenters. The Labute approximate surface area is 108 Å². The predicted octanol–water partition coefficient (Wildman–Crippen LogP) is 1.85. The van der Waals surface area contributed by atoms with Crippen LogP contribution in [0.5, 0.6) is 0 Å². The topological polar surface area (TPSA) is 26.7 Å². The zero-order valence-corrected chi connectivity index (χ0v) is 11.1. The van der Waals surface area contributed by atoms with Crippen molar-refractivity contribution < 1.29 is 9.50 Å². The van der Waals surface area contributed by atoms with Gasteiger partial charge in [-0.1, -0.05) is 12.1 Å². The average Bonchev–Trinajstić information content (AvgIpc) is 2.37. The number of nitrogens with zero attached hydrogens (tertiary/aromatic N) is 2. The Morgan fingerprint density at radius 2 is 2.28 bits per heavy atom. The lowest BCUT2D eigenvalue weighted by atomic mass is 10.0. The van der Waals surface area contributed by atoms with Crippen molar-refractivity contribution in [1.29, 1.82) is 0 Å². The van der Waals surface area contributed by atoms with Gasteiger partial charge in [0.15, 0.2) is 0 Å². The number of hydrogen-bond acceptors (Lipinski definition) is 3. The van der Waals surface area contributed by atoms with E-state index in [9.17, 15) is 9.50 Å². The van der Waals surface area contributed by atoms with Crippen LogP contribution in [0.2, 0.25) is 0 Å². The minimum Gasteiger partial charge on any atom is -0.392 e. The van der Waals surface area contributed by atoms with E-state index in [1.54, 1.807) is 12.1 Å². The van der Waals surface area contributed by atoms with Crippen LogP contribution in [0.3, 0.4) is 0 Å². The van der Waals surface area contributed by atoms with Gasteiger partial charge in [-0.05, 0) is 32.5 Å². The van der Waals surface area contributed by atoms with Gasteiger partial charge in [0.2, 0.25) is 0 Å². The molecule has 1 N–H and O–H groups in total. The molecular formula is C14H21FN2O. The van der Waals surface area contributed by atoms with Crippen molar-refractivity contribution in [1.82, 2.24) is 4.90 Å². The van der Waals surface area contributed by atoms with Crippen LogP contribution in [0.25, 0.3) is 0 Å². The summed E-state index contributed by atoms with van der Waals surface area (Å²) in [5.74, 6) is -0.253.